The van der Waals surface area contributed by atoms with Gasteiger partial charge in [-0.05, 0) is 18.1 Å². The molecule has 3 N–H and O–H groups in total. The summed E-state index contributed by atoms with van der Waals surface area (Å²) in [6.45, 7) is 1.58. The van der Waals surface area contributed by atoms with Crippen LogP contribution in [0.1, 0.15) is 17.2 Å². The van der Waals surface area contributed by atoms with Gasteiger partial charge in [0.1, 0.15) is 0 Å². The number of rotatable bonds is 3. The van der Waals surface area contributed by atoms with E-state index in [0.29, 0.717) is 5.56 Å². The summed E-state index contributed by atoms with van der Waals surface area (Å²) in [5, 5.41) is 19.3. The molecule has 0 aliphatic carbocycles. The Hall–Kier alpha value is -1.46. The number of aryl methyl sites for hydroxylation is 1. The second-order valence-electron chi connectivity index (χ2n) is 3.09. The molecule has 0 heterocycles. The Kier molecular flexibility index (Phi) is 3.16. The van der Waals surface area contributed by atoms with Gasteiger partial charge in [-0.15, -0.1) is 0 Å². The van der Waals surface area contributed by atoms with Gasteiger partial charge >= 0.3 is 0 Å². The standard InChI is InChI=1S/C9H12N2O3/c1-6-2-3-7(11(13)14)4-8(6)9(10)5-12/h2-4,9,12H,5,10H2,1H3/t9-/m0/s1. The van der Waals surface area contributed by atoms with Crippen LogP contribution in [0.25, 0.3) is 0 Å². The number of hydrogen-bond acceptors (Lipinski definition) is 4. The number of non-ortho nitro benzene ring substituents is 1. The Bertz CT molecular complexity index is 352. The monoisotopic (exact) mass is 196 g/mol. The smallest absolute Gasteiger partial charge is 0.269 e. The molecule has 1 aromatic carbocycles. The van der Waals surface area contributed by atoms with E-state index in [1.54, 1.807) is 13.0 Å². The molecular formula is C9H12N2O3. The fourth-order valence-corrected chi connectivity index (χ4v) is 1.24. The third kappa shape index (κ3) is 2.07. The van der Waals surface area contributed by atoms with Crippen molar-refractivity contribution in [2.75, 3.05) is 6.61 Å². The fourth-order valence-electron chi connectivity index (χ4n) is 1.24. The molecule has 0 unspecified atom stereocenters. The first-order valence-corrected chi connectivity index (χ1v) is 4.17. The summed E-state index contributed by atoms with van der Waals surface area (Å²) in [6.07, 6.45) is 0. The van der Waals surface area contributed by atoms with Gasteiger partial charge in [-0.1, -0.05) is 6.07 Å². The molecule has 0 saturated heterocycles. The maximum absolute atomic E-state index is 10.5. The quantitative estimate of drug-likeness (QED) is 0.555. The molecule has 0 radical (unpaired) electrons. The van der Waals surface area contributed by atoms with E-state index in [-0.39, 0.29) is 12.3 Å². The van der Waals surface area contributed by atoms with E-state index < -0.39 is 11.0 Å². The van der Waals surface area contributed by atoms with Crippen molar-refractivity contribution in [1.29, 1.82) is 0 Å². The highest BCUT2D eigenvalue weighted by Gasteiger charge is 2.13. The number of hydrogen-bond donors (Lipinski definition) is 2. The lowest BCUT2D eigenvalue weighted by Gasteiger charge is -2.11. The van der Waals surface area contributed by atoms with Crippen molar-refractivity contribution in [1.82, 2.24) is 0 Å². The second-order valence-corrected chi connectivity index (χ2v) is 3.09. The molecule has 0 spiro atoms. The van der Waals surface area contributed by atoms with Crippen LogP contribution in [0.5, 0.6) is 0 Å². The summed E-state index contributed by atoms with van der Waals surface area (Å²) in [4.78, 5) is 10.00. The Labute approximate surface area is 81.3 Å². The van der Waals surface area contributed by atoms with Gasteiger partial charge in [-0.2, -0.15) is 0 Å². The van der Waals surface area contributed by atoms with E-state index in [4.69, 9.17) is 10.8 Å². The average Bonchev–Trinajstić information content (AvgIpc) is 2.17. The number of nitro groups is 1. The van der Waals surface area contributed by atoms with Gasteiger partial charge in [0, 0.05) is 12.1 Å². The lowest BCUT2D eigenvalue weighted by molar-refractivity contribution is -0.384. The first-order valence-electron chi connectivity index (χ1n) is 4.17. The molecule has 0 aliphatic rings. The molecule has 0 aromatic heterocycles. The molecule has 76 valence electrons. The third-order valence-corrected chi connectivity index (χ3v) is 2.07. The minimum Gasteiger partial charge on any atom is -0.394 e. The topological polar surface area (TPSA) is 89.4 Å². The summed E-state index contributed by atoms with van der Waals surface area (Å²) in [6, 6.07) is 3.89. The first-order chi connectivity index (χ1) is 6.56. The zero-order valence-electron chi connectivity index (χ0n) is 7.80. The Morgan fingerprint density at radius 2 is 2.29 bits per heavy atom. The number of nitrogens with two attached hydrogens (primary N) is 1. The van der Waals surface area contributed by atoms with Crippen molar-refractivity contribution in [3.05, 3.63) is 39.4 Å². The number of nitrogens with zero attached hydrogens (tertiary/aromatic N) is 1. The molecule has 5 heteroatoms. The fraction of sp³-hybridized carbons (Fsp3) is 0.333. The molecule has 1 atom stereocenters. The van der Waals surface area contributed by atoms with Crippen LogP contribution in [0.15, 0.2) is 18.2 Å². The van der Waals surface area contributed by atoms with Crippen LogP contribution in [-0.2, 0) is 0 Å². The van der Waals surface area contributed by atoms with Crippen molar-refractivity contribution in [3.63, 3.8) is 0 Å². The predicted molar refractivity (Wildman–Crippen MR) is 51.8 cm³/mol. The van der Waals surface area contributed by atoms with Gasteiger partial charge < -0.3 is 10.8 Å². The zero-order valence-corrected chi connectivity index (χ0v) is 7.80. The van der Waals surface area contributed by atoms with Gasteiger partial charge in [0.25, 0.3) is 5.69 Å². The van der Waals surface area contributed by atoms with Gasteiger partial charge in [-0.25, -0.2) is 0 Å². The van der Waals surface area contributed by atoms with Crippen LogP contribution in [0.4, 0.5) is 5.69 Å². The van der Waals surface area contributed by atoms with Crippen LogP contribution < -0.4 is 5.73 Å². The van der Waals surface area contributed by atoms with Gasteiger partial charge in [0.15, 0.2) is 0 Å². The molecule has 14 heavy (non-hydrogen) atoms. The summed E-state index contributed by atoms with van der Waals surface area (Å²) in [5.41, 5.74) is 7.04. The van der Waals surface area contributed by atoms with Crippen LogP contribution in [0.2, 0.25) is 0 Å². The molecule has 5 nitrogen and oxygen atoms in total. The minimum absolute atomic E-state index is 0.00509. The summed E-state index contributed by atoms with van der Waals surface area (Å²) in [5.74, 6) is 0. The van der Waals surface area contributed by atoms with E-state index in [2.05, 4.69) is 0 Å². The maximum Gasteiger partial charge on any atom is 0.269 e. The van der Waals surface area contributed by atoms with Gasteiger partial charge in [0.05, 0.1) is 17.6 Å². The summed E-state index contributed by atoms with van der Waals surface area (Å²) in [7, 11) is 0. The predicted octanol–water partition coefficient (Wildman–Crippen LogP) is 0.895. The summed E-state index contributed by atoms with van der Waals surface area (Å²) >= 11 is 0. The summed E-state index contributed by atoms with van der Waals surface area (Å²) < 4.78 is 0. The largest absolute Gasteiger partial charge is 0.394 e. The Morgan fingerprint density at radius 3 is 2.79 bits per heavy atom. The van der Waals surface area contributed by atoms with E-state index in [1.807, 2.05) is 0 Å². The molecule has 0 amide bonds. The Balaban J connectivity index is 3.14. The first kappa shape index (κ1) is 10.6. The van der Waals surface area contributed by atoms with E-state index in [0.717, 1.165) is 5.56 Å². The van der Waals surface area contributed by atoms with Crippen molar-refractivity contribution in [2.45, 2.75) is 13.0 Å². The SMILES string of the molecule is Cc1ccc([N+](=O)[O-])cc1[C@@H](N)CO. The van der Waals surface area contributed by atoms with E-state index in [1.165, 1.54) is 12.1 Å². The van der Waals surface area contributed by atoms with Gasteiger partial charge in [0.2, 0.25) is 0 Å². The van der Waals surface area contributed by atoms with Crippen molar-refractivity contribution in [2.24, 2.45) is 5.73 Å². The number of benzene rings is 1. The molecule has 1 rings (SSSR count). The zero-order chi connectivity index (χ0) is 10.7. The van der Waals surface area contributed by atoms with E-state index in [9.17, 15) is 10.1 Å². The number of aliphatic hydroxyl groups is 1. The van der Waals surface area contributed by atoms with Gasteiger partial charge in [-0.3, -0.25) is 10.1 Å². The highest BCUT2D eigenvalue weighted by Crippen LogP contribution is 2.21. The maximum atomic E-state index is 10.5. The molecule has 1 aromatic rings. The van der Waals surface area contributed by atoms with Crippen LogP contribution in [0, 0.1) is 17.0 Å². The Morgan fingerprint density at radius 1 is 1.64 bits per heavy atom. The average molecular weight is 196 g/mol. The lowest BCUT2D eigenvalue weighted by Crippen LogP contribution is -2.15. The van der Waals surface area contributed by atoms with Crippen molar-refractivity contribution < 1.29 is 10.0 Å². The highest BCUT2D eigenvalue weighted by molar-refractivity contribution is 5.40. The molecule has 0 bridgehead atoms. The molecule has 0 aliphatic heterocycles. The second kappa shape index (κ2) is 4.17. The molecule has 0 fully saturated rings. The van der Waals surface area contributed by atoms with Crippen molar-refractivity contribution in [3.8, 4) is 0 Å². The van der Waals surface area contributed by atoms with E-state index >= 15 is 0 Å². The number of aliphatic hydroxyl groups excluding tert-OH is 1. The minimum atomic E-state index is -0.560. The third-order valence-electron chi connectivity index (χ3n) is 2.07. The van der Waals surface area contributed by atoms with Crippen molar-refractivity contribution >= 4 is 5.69 Å². The van der Waals surface area contributed by atoms with Crippen LogP contribution in [-0.4, -0.2) is 16.6 Å². The molecule has 0 saturated carbocycles. The lowest BCUT2D eigenvalue weighted by atomic mass is 10.0. The highest BCUT2D eigenvalue weighted by atomic mass is 16.6. The normalized spacial score (nSPS) is 12.5. The number of nitro benzene ring substituents is 1. The van der Waals surface area contributed by atoms with Crippen LogP contribution >= 0.6 is 0 Å². The molecular weight excluding hydrogens is 184 g/mol. The van der Waals surface area contributed by atoms with Crippen LogP contribution in [0.3, 0.4) is 0 Å².